The van der Waals surface area contributed by atoms with E-state index in [0.29, 0.717) is 22.6 Å². The molecule has 0 unspecified atom stereocenters. The van der Waals surface area contributed by atoms with Gasteiger partial charge in [0.2, 0.25) is 10.0 Å². The Hall–Kier alpha value is -3.38. The summed E-state index contributed by atoms with van der Waals surface area (Å²) in [6.45, 7) is 0.0394. The highest BCUT2D eigenvalue weighted by Gasteiger charge is 2.30. The molecule has 3 aromatic rings. The summed E-state index contributed by atoms with van der Waals surface area (Å²) in [6, 6.07) is 13.5. The van der Waals surface area contributed by atoms with Gasteiger partial charge in [-0.2, -0.15) is 18.3 Å². The van der Waals surface area contributed by atoms with Gasteiger partial charge in [-0.3, -0.25) is 10.00 Å². The molecule has 1 heterocycles. The van der Waals surface area contributed by atoms with Gasteiger partial charge in [0.25, 0.3) is 0 Å². The molecule has 0 saturated carbocycles. The smallest absolute Gasteiger partial charge is 0.307 e. The number of halogens is 3. The number of amides is 2. The number of nitrogens with one attached hydrogen (secondary N) is 3. The molecule has 12 heteroatoms. The number of rotatable bonds is 6. The maximum absolute atomic E-state index is 12.6. The van der Waals surface area contributed by atoms with Crippen LogP contribution in [0, 0.1) is 6.92 Å². The Balaban J connectivity index is 1.94. The molecular weight excluding hydrogens is 447 g/mol. The largest absolute Gasteiger partial charge is 0.402 e. The van der Waals surface area contributed by atoms with E-state index in [2.05, 4.69) is 15.7 Å². The van der Waals surface area contributed by atoms with Crippen molar-refractivity contribution in [2.24, 2.45) is 7.05 Å². The van der Waals surface area contributed by atoms with Crippen LogP contribution in [0.25, 0.3) is 11.1 Å². The summed E-state index contributed by atoms with van der Waals surface area (Å²) < 4.78 is 65.1. The van der Waals surface area contributed by atoms with Gasteiger partial charge in [-0.15, -0.1) is 0 Å². The van der Waals surface area contributed by atoms with E-state index in [1.807, 2.05) is 0 Å². The molecule has 32 heavy (non-hydrogen) atoms. The van der Waals surface area contributed by atoms with Gasteiger partial charge in [0.1, 0.15) is 12.4 Å². The second-order valence-corrected chi connectivity index (χ2v) is 8.65. The summed E-state index contributed by atoms with van der Waals surface area (Å²) in [7, 11) is -2.83. The van der Waals surface area contributed by atoms with Gasteiger partial charge in [0.05, 0.1) is 16.3 Å². The van der Waals surface area contributed by atoms with E-state index in [1.165, 1.54) is 21.5 Å². The molecule has 170 valence electrons. The summed E-state index contributed by atoms with van der Waals surface area (Å²) in [6.07, 6.45) is -4.71. The molecule has 3 rings (SSSR count). The van der Waals surface area contributed by atoms with Crippen molar-refractivity contribution in [1.29, 1.82) is 0 Å². The van der Waals surface area contributed by atoms with E-state index < -0.39 is 33.7 Å². The second kappa shape index (κ2) is 9.01. The maximum Gasteiger partial charge on any atom is 0.402 e. The number of anilines is 2. The van der Waals surface area contributed by atoms with Crippen LogP contribution in [0.1, 0.15) is 5.69 Å². The highest BCUT2D eigenvalue weighted by Crippen LogP contribution is 2.31. The van der Waals surface area contributed by atoms with E-state index in [-0.39, 0.29) is 5.69 Å². The molecule has 2 aromatic carbocycles. The van der Waals surface area contributed by atoms with Gasteiger partial charge in [-0.05, 0) is 24.6 Å². The number of aryl methyl sites for hydroxylation is 2. The summed E-state index contributed by atoms with van der Waals surface area (Å²) in [4.78, 5) is 12.1. The molecule has 0 fully saturated rings. The molecule has 0 aliphatic heterocycles. The third kappa shape index (κ3) is 5.86. The SMILES string of the molecule is Cc1cc(NC(=O)Nc2cc(S(=O)(=O)NCC(F)(F)F)ccc2-c2ccccc2)n(C)n1. The minimum absolute atomic E-state index is 0.0995. The Morgan fingerprint density at radius 1 is 1.06 bits per heavy atom. The van der Waals surface area contributed by atoms with Crippen LogP contribution in [0.4, 0.5) is 29.5 Å². The summed E-state index contributed by atoms with van der Waals surface area (Å²) >= 11 is 0. The highest BCUT2D eigenvalue weighted by atomic mass is 32.2. The lowest BCUT2D eigenvalue weighted by atomic mass is 10.0. The molecule has 8 nitrogen and oxygen atoms in total. The van der Waals surface area contributed by atoms with Crippen LogP contribution in [0.5, 0.6) is 0 Å². The fourth-order valence-corrected chi connectivity index (χ4v) is 3.96. The number of hydrogen-bond acceptors (Lipinski definition) is 4. The van der Waals surface area contributed by atoms with Gasteiger partial charge in [-0.25, -0.2) is 17.9 Å². The standard InChI is InChI=1S/C20H20F3N5O3S/c1-13-10-18(28(2)27-13)26-19(29)25-17-11-15(32(30,31)24-12-20(21,22)23)8-9-16(17)14-6-4-3-5-7-14/h3-11,24H,12H2,1-2H3,(H2,25,26,29). The number of carbonyl (C=O) groups is 1. The topological polar surface area (TPSA) is 105 Å². The first-order chi connectivity index (χ1) is 14.9. The average molecular weight is 467 g/mol. The van der Waals surface area contributed by atoms with Crippen molar-refractivity contribution in [1.82, 2.24) is 14.5 Å². The molecule has 0 spiro atoms. The van der Waals surface area contributed by atoms with E-state index >= 15 is 0 Å². The lowest BCUT2D eigenvalue weighted by molar-refractivity contribution is -0.121. The van der Waals surface area contributed by atoms with E-state index in [1.54, 1.807) is 50.4 Å². The first-order valence-corrected chi connectivity index (χ1v) is 10.8. The molecule has 0 saturated heterocycles. The van der Waals surface area contributed by atoms with Crippen LogP contribution in [0.3, 0.4) is 0 Å². The monoisotopic (exact) mass is 467 g/mol. The lowest BCUT2D eigenvalue weighted by Crippen LogP contribution is -2.33. The number of aromatic nitrogens is 2. The number of sulfonamides is 1. The van der Waals surface area contributed by atoms with Crippen LogP contribution in [0.2, 0.25) is 0 Å². The first kappa shape index (κ1) is 23.3. The molecule has 0 radical (unpaired) electrons. The zero-order chi connectivity index (χ0) is 23.5. The van der Waals surface area contributed by atoms with Crippen molar-refractivity contribution in [3.8, 4) is 11.1 Å². The van der Waals surface area contributed by atoms with Gasteiger partial charge < -0.3 is 5.32 Å². The van der Waals surface area contributed by atoms with Crippen LogP contribution in [0.15, 0.2) is 59.5 Å². The third-order valence-electron chi connectivity index (χ3n) is 4.34. The fourth-order valence-electron chi connectivity index (χ4n) is 2.92. The molecule has 0 aliphatic rings. The van der Waals surface area contributed by atoms with E-state index in [9.17, 15) is 26.4 Å². The molecular formula is C20H20F3N5O3S. The zero-order valence-corrected chi connectivity index (χ0v) is 17.9. The molecule has 2 amide bonds. The Morgan fingerprint density at radius 3 is 2.34 bits per heavy atom. The van der Waals surface area contributed by atoms with Crippen LogP contribution in [-0.2, 0) is 17.1 Å². The number of alkyl halides is 3. The zero-order valence-electron chi connectivity index (χ0n) is 17.1. The Kier molecular flexibility index (Phi) is 6.55. The number of benzene rings is 2. The molecule has 1 aromatic heterocycles. The van der Waals surface area contributed by atoms with Crippen molar-refractivity contribution in [3.05, 3.63) is 60.3 Å². The Morgan fingerprint density at radius 2 is 1.75 bits per heavy atom. The minimum Gasteiger partial charge on any atom is -0.307 e. The lowest BCUT2D eigenvalue weighted by Gasteiger charge is -2.15. The minimum atomic E-state index is -4.71. The van der Waals surface area contributed by atoms with E-state index in [0.717, 1.165) is 6.07 Å². The number of hydrogen-bond donors (Lipinski definition) is 3. The summed E-state index contributed by atoms with van der Waals surface area (Å²) in [5, 5.41) is 9.29. The van der Waals surface area contributed by atoms with Gasteiger partial charge in [0.15, 0.2) is 0 Å². The summed E-state index contributed by atoms with van der Waals surface area (Å²) in [5.74, 6) is 0.400. The summed E-state index contributed by atoms with van der Waals surface area (Å²) in [5.41, 5.74) is 1.93. The van der Waals surface area contributed by atoms with Gasteiger partial charge in [0, 0.05) is 18.7 Å². The number of carbonyl (C=O) groups excluding carboxylic acids is 1. The van der Waals surface area contributed by atoms with Gasteiger partial charge >= 0.3 is 12.2 Å². The van der Waals surface area contributed by atoms with Crippen molar-refractivity contribution in [2.75, 3.05) is 17.2 Å². The van der Waals surface area contributed by atoms with Crippen LogP contribution >= 0.6 is 0 Å². The molecule has 0 bridgehead atoms. The molecule has 3 N–H and O–H groups in total. The Bertz CT molecular complexity index is 1230. The van der Waals surface area contributed by atoms with Gasteiger partial charge in [-0.1, -0.05) is 36.4 Å². The van der Waals surface area contributed by atoms with Crippen molar-refractivity contribution in [3.63, 3.8) is 0 Å². The highest BCUT2D eigenvalue weighted by molar-refractivity contribution is 7.89. The predicted molar refractivity (Wildman–Crippen MR) is 114 cm³/mol. The predicted octanol–water partition coefficient (Wildman–Crippen LogP) is 3.88. The Labute approximate surface area is 182 Å². The molecule has 0 aliphatic carbocycles. The quantitative estimate of drug-likeness (QED) is 0.512. The van der Waals surface area contributed by atoms with Crippen molar-refractivity contribution < 1.29 is 26.4 Å². The average Bonchev–Trinajstić information content (AvgIpc) is 3.03. The normalized spacial score (nSPS) is 11.9. The third-order valence-corrected chi connectivity index (χ3v) is 5.74. The van der Waals surface area contributed by atoms with Crippen molar-refractivity contribution in [2.45, 2.75) is 18.0 Å². The first-order valence-electron chi connectivity index (χ1n) is 9.29. The second-order valence-electron chi connectivity index (χ2n) is 6.89. The maximum atomic E-state index is 12.6. The van der Waals surface area contributed by atoms with Crippen molar-refractivity contribution >= 4 is 27.6 Å². The van der Waals surface area contributed by atoms with Crippen LogP contribution in [-0.4, -0.2) is 37.0 Å². The van der Waals surface area contributed by atoms with Crippen LogP contribution < -0.4 is 15.4 Å². The molecule has 0 atom stereocenters. The fraction of sp³-hybridized carbons (Fsp3) is 0.200. The van der Waals surface area contributed by atoms with E-state index in [4.69, 9.17) is 0 Å². The number of urea groups is 1. The number of nitrogens with zero attached hydrogens (tertiary/aromatic N) is 2.